The molecular weight excluding hydrogens is 378 g/mol. The molecule has 4 rings (SSSR count). The third-order valence-corrected chi connectivity index (χ3v) is 6.73. The molecule has 6 heteroatoms. The van der Waals surface area contributed by atoms with Crippen LogP contribution in [0, 0.1) is 5.41 Å². The predicted octanol–water partition coefficient (Wildman–Crippen LogP) is 4.52. The van der Waals surface area contributed by atoms with Gasteiger partial charge < -0.3 is 9.47 Å². The highest BCUT2D eigenvalue weighted by atomic mass is 79.9. The zero-order chi connectivity index (χ0) is 16.0. The molecule has 2 heterocycles. The SMILES string of the molecule is COC(=O)c1cc(C2CC3(CCOCC3)C2)c2nc(Br)sc2c1. The highest BCUT2D eigenvalue weighted by Gasteiger charge is 2.46. The number of carbonyl (C=O) groups is 1. The number of halogens is 1. The molecule has 0 bridgehead atoms. The molecule has 1 saturated heterocycles. The van der Waals surface area contributed by atoms with Gasteiger partial charge in [0.2, 0.25) is 0 Å². The third-order valence-electron chi connectivity index (χ3n) is 5.27. The van der Waals surface area contributed by atoms with Crippen LogP contribution in [0.25, 0.3) is 10.2 Å². The molecule has 1 aliphatic heterocycles. The Morgan fingerprint density at radius 1 is 1.39 bits per heavy atom. The minimum Gasteiger partial charge on any atom is -0.465 e. The number of thiazole rings is 1. The number of carbonyl (C=O) groups excluding carboxylic acids is 1. The molecule has 0 radical (unpaired) electrons. The van der Waals surface area contributed by atoms with E-state index in [9.17, 15) is 4.79 Å². The van der Waals surface area contributed by atoms with Gasteiger partial charge in [-0.15, -0.1) is 11.3 Å². The number of aromatic nitrogens is 1. The molecule has 1 aromatic carbocycles. The van der Waals surface area contributed by atoms with Crippen LogP contribution >= 0.6 is 27.3 Å². The maximum Gasteiger partial charge on any atom is 0.337 e. The van der Waals surface area contributed by atoms with Gasteiger partial charge in [-0.05, 0) is 70.6 Å². The Morgan fingerprint density at radius 2 is 2.13 bits per heavy atom. The highest BCUT2D eigenvalue weighted by molar-refractivity contribution is 9.11. The van der Waals surface area contributed by atoms with E-state index in [1.807, 2.05) is 12.1 Å². The second-order valence-electron chi connectivity index (χ2n) is 6.59. The summed E-state index contributed by atoms with van der Waals surface area (Å²) < 4.78 is 12.3. The standard InChI is InChI=1S/C17H18BrNO3S/c1-21-15(20)10-6-12(14-13(7-10)23-16(18)19-14)11-8-17(9-11)2-4-22-5-3-17/h6-7,11H,2-5,8-9H2,1H3. The van der Waals surface area contributed by atoms with Gasteiger partial charge >= 0.3 is 5.97 Å². The fourth-order valence-corrected chi connectivity index (χ4v) is 5.46. The fraction of sp³-hybridized carbons (Fsp3) is 0.529. The summed E-state index contributed by atoms with van der Waals surface area (Å²) in [6.45, 7) is 1.76. The van der Waals surface area contributed by atoms with E-state index in [1.165, 1.54) is 25.5 Å². The van der Waals surface area contributed by atoms with Crippen molar-refractivity contribution in [1.82, 2.24) is 4.98 Å². The van der Waals surface area contributed by atoms with E-state index in [4.69, 9.17) is 9.47 Å². The summed E-state index contributed by atoms with van der Waals surface area (Å²) >= 11 is 5.04. The molecule has 1 spiro atoms. The second kappa shape index (κ2) is 5.83. The first-order chi connectivity index (χ1) is 11.1. The second-order valence-corrected chi connectivity index (χ2v) is 8.89. The summed E-state index contributed by atoms with van der Waals surface area (Å²) in [7, 11) is 1.43. The van der Waals surface area contributed by atoms with Crippen LogP contribution in [0.1, 0.15) is 47.5 Å². The number of methoxy groups -OCH3 is 1. The van der Waals surface area contributed by atoms with E-state index in [1.54, 1.807) is 11.3 Å². The van der Waals surface area contributed by atoms with Crippen LogP contribution in [0.15, 0.2) is 16.0 Å². The molecular formula is C17H18BrNO3S. The lowest BCUT2D eigenvalue weighted by molar-refractivity contribution is -0.0395. The normalized spacial score (nSPS) is 20.6. The molecule has 0 atom stereocenters. The van der Waals surface area contributed by atoms with Gasteiger partial charge in [-0.25, -0.2) is 9.78 Å². The monoisotopic (exact) mass is 395 g/mol. The Balaban J connectivity index is 1.70. The van der Waals surface area contributed by atoms with Gasteiger partial charge in [0.05, 0.1) is 22.9 Å². The molecule has 23 heavy (non-hydrogen) atoms. The summed E-state index contributed by atoms with van der Waals surface area (Å²) in [5.41, 5.74) is 3.30. The smallest absolute Gasteiger partial charge is 0.337 e. The fourth-order valence-electron chi connectivity index (χ4n) is 3.99. The third kappa shape index (κ3) is 2.71. The van der Waals surface area contributed by atoms with Crippen LogP contribution in [0.3, 0.4) is 0 Å². The molecule has 0 unspecified atom stereocenters. The van der Waals surface area contributed by atoms with E-state index >= 15 is 0 Å². The van der Waals surface area contributed by atoms with Gasteiger partial charge in [0.15, 0.2) is 3.92 Å². The minimum absolute atomic E-state index is 0.280. The largest absolute Gasteiger partial charge is 0.465 e. The zero-order valence-electron chi connectivity index (χ0n) is 12.9. The number of fused-ring (bicyclic) bond motifs is 1. The number of hydrogen-bond acceptors (Lipinski definition) is 5. The topological polar surface area (TPSA) is 48.4 Å². The van der Waals surface area contributed by atoms with Crippen LogP contribution in [0.2, 0.25) is 0 Å². The average Bonchev–Trinajstić information content (AvgIpc) is 2.91. The number of hydrogen-bond donors (Lipinski definition) is 0. The van der Waals surface area contributed by atoms with Crippen molar-refractivity contribution in [3.05, 3.63) is 27.2 Å². The van der Waals surface area contributed by atoms with Crippen LogP contribution in [-0.4, -0.2) is 31.3 Å². The molecule has 0 amide bonds. The van der Waals surface area contributed by atoms with Crippen molar-refractivity contribution in [1.29, 1.82) is 0 Å². The Bertz CT molecular complexity index is 759. The Hall–Kier alpha value is -0.980. The lowest BCUT2D eigenvalue weighted by atomic mass is 9.56. The number of esters is 1. The number of ether oxygens (including phenoxy) is 2. The average molecular weight is 396 g/mol. The van der Waals surface area contributed by atoms with E-state index in [2.05, 4.69) is 20.9 Å². The van der Waals surface area contributed by atoms with Gasteiger partial charge in [0.1, 0.15) is 0 Å². The first-order valence-electron chi connectivity index (χ1n) is 7.86. The van der Waals surface area contributed by atoms with Gasteiger partial charge in [0.25, 0.3) is 0 Å². The van der Waals surface area contributed by atoms with Crippen molar-refractivity contribution >= 4 is 43.5 Å². The van der Waals surface area contributed by atoms with Gasteiger partial charge in [-0.2, -0.15) is 0 Å². The van der Waals surface area contributed by atoms with Crippen molar-refractivity contribution < 1.29 is 14.3 Å². The number of rotatable bonds is 2. The van der Waals surface area contributed by atoms with Gasteiger partial charge in [0, 0.05) is 13.2 Å². The first kappa shape index (κ1) is 15.5. The van der Waals surface area contributed by atoms with Gasteiger partial charge in [-0.1, -0.05) is 0 Å². The molecule has 1 aliphatic carbocycles. The highest BCUT2D eigenvalue weighted by Crippen LogP contribution is 2.57. The van der Waals surface area contributed by atoms with Crippen LogP contribution in [0.4, 0.5) is 0 Å². The summed E-state index contributed by atoms with van der Waals surface area (Å²) in [5, 5.41) is 0. The molecule has 2 aromatic rings. The molecule has 122 valence electrons. The molecule has 1 aromatic heterocycles. The molecule has 4 nitrogen and oxygen atoms in total. The van der Waals surface area contributed by atoms with E-state index in [0.29, 0.717) is 16.9 Å². The van der Waals surface area contributed by atoms with Crippen molar-refractivity contribution in [2.45, 2.75) is 31.6 Å². The predicted molar refractivity (Wildman–Crippen MR) is 93.1 cm³/mol. The maximum atomic E-state index is 12.0. The molecule has 0 N–H and O–H groups in total. The molecule has 2 fully saturated rings. The van der Waals surface area contributed by atoms with Crippen molar-refractivity contribution in [3.63, 3.8) is 0 Å². The van der Waals surface area contributed by atoms with E-state index in [-0.39, 0.29) is 5.97 Å². The summed E-state index contributed by atoms with van der Waals surface area (Å²) in [5.74, 6) is 0.201. The Morgan fingerprint density at radius 3 is 2.83 bits per heavy atom. The summed E-state index contributed by atoms with van der Waals surface area (Å²) in [4.78, 5) is 16.6. The Kier molecular flexibility index (Phi) is 3.94. The number of nitrogens with zero attached hydrogens (tertiary/aromatic N) is 1. The molecule has 2 aliphatic rings. The zero-order valence-corrected chi connectivity index (χ0v) is 15.3. The lowest BCUT2D eigenvalue weighted by Gasteiger charge is -2.50. The minimum atomic E-state index is -0.280. The number of benzene rings is 1. The summed E-state index contributed by atoms with van der Waals surface area (Å²) in [6.07, 6.45) is 4.66. The quantitative estimate of drug-likeness (QED) is 0.701. The maximum absolute atomic E-state index is 12.0. The van der Waals surface area contributed by atoms with E-state index < -0.39 is 0 Å². The van der Waals surface area contributed by atoms with Crippen LogP contribution in [-0.2, 0) is 9.47 Å². The van der Waals surface area contributed by atoms with Gasteiger partial charge in [-0.3, -0.25) is 0 Å². The lowest BCUT2D eigenvalue weighted by Crippen LogP contribution is -2.40. The van der Waals surface area contributed by atoms with Crippen LogP contribution in [0.5, 0.6) is 0 Å². The Labute approximate surface area is 147 Å². The van der Waals surface area contributed by atoms with Crippen molar-refractivity contribution in [2.75, 3.05) is 20.3 Å². The first-order valence-corrected chi connectivity index (χ1v) is 9.47. The van der Waals surface area contributed by atoms with E-state index in [0.717, 1.165) is 40.2 Å². The van der Waals surface area contributed by atoms with Crippen molar-refractivity contribution in [2.24, 2.45) is 5.41 Å². The summed E-state index contributed by atoms with van der Waals surface area (Å²) in [6, 6.07) is 3.87. The van der Waals surface area contributed by atoms with Crippen LogP contribution < -0.4 is 0 Å². The molecule has 1 saturated carbocycles. The van der Waals surface area contributed by atoms with Crippen molar-refractivity contribution in [3.8, 4) is 0 Å².